The van der Waals surface area contributed by atoms with Gasteiger partial charge in [0.25, 0.3) is 5.56 Å². The van der Waals surface area contributed by atoms with Crippen LogP contribution in [-0.4, -0.2) is 32.8 Å². The molecule has 6 nitrogen and oxygen atoms in total. The zero-order chi connectivity index (χ0) is 19.2. The minimum atomic E-state index is -0.405. The first kappa shape index (κ1) is 18.0. The topological polar surface area (TPSA) is 66.8 Å². The maximum absolute atomic E-state index is 12.7. The van der Waals surface area contributed by atoms with Gasteiger partial charge >= 0.3 is 0 Å². The molecule has 1 saturated heterocycles. The zero-order valence-electron chi connectivity index (χ0n) is 15.9. The van der Waals surface area contributed by atoms with Crippen LogP contribution in [0.25, 0.3) is 11.0 Å². The summed E-state index contributed by atoms with van der Waals surface area (Å²) < 4.78 is 1.44. The molecule has 1 atom stereocenters. The summed E-state index contributed by atoms with van der Waals surface area (Å²) in [5.41, 5.74) is 2.10. The molecule has 1 unspecified atom stereocenters. The lowest BCUT2D eigenvalue weighted by molar-refractivity contribution is 0.337. The number of halogens is 1. The minimum Gasteiger partial charge on any atom is -0.368 e. The lowest BCUT2D eigenvalue weighted by Crippen LogP contribution is -2.39. The van der Waals surface area contributed by atoms with Crippen molar-refractivity contribution in [2.75, 3.05) is 18.0 Å². The van der Waals surface area contributed by atoms with Gasteiger partial charge in [0.2, 0.25) is 0 Å². The lowest BCUT2D eigenvalue weighted by Gasteiger charge is -2.34. The average molecular weight is 386 g/mol. The molecule has 0 amide bonds. The summed E-state index contributed by atoms with van der Waals surface area (Å²) in [6.07, 6.45) is 3.79. The number of benzene rings is 1. The van der Waals surface area contributed by atoms with E-state index in [1.54, 1.807) is 6.20 Å². The zero-order valence-corrected chi connectivity index (χ0v) is 16.6. The Morgan fingerprint density at radius 3 is 2.78 bits per heavy atom. The van der Waals surface area contributed by atoms with Crippen molar-refractivity contribution < 1.29 is 0 Å². The predicted octanol–water partition coefficient (Wildman–Crippen LogP) is 3.91. The van der Waals surface area contributed by atoms with Crippen LogP contribution in [0.3, 0.4) is 0 Å². The van der Waals surface area contributed by atoms with Crippen molar-refractivity contribution in [1.82, 2.24) is 19.7 Å². The number of rotatable bonds is 2. The van der Waals surface area contributed by atoms with E-state index in [1.807, 2.05) is 45.0 Å². The number of piperidine rings is 1. The Labute approximate surface area is 163 Å². The maximum Gasteiger partial charge on any atom is 0.288 e. The molecule has 1 aromatic carbocycles. The van der Waals surface area contributed by atoms with Crippen LogP contribution in [0.1, 0.15) is 45.4 Å². The van der Waals surface area contributed by atoms with E-state index in [1.165, 1.54) is 4.68 Å². The molecule has 0 spiro atoms. The Kier molecular flexibility index (Phi) is 4.46. The number of nitrogens with zero attached hydrogens (tertiary/aromatic N) is 4. The van der Waals surface area contributed by atoms with Gasteiger partial charge in [0.1, 0.15) is 10.8 Å². The van der Waals surface area contributed by atoms with E-state index in [0.717, 1.165) is 42.8 Å². The van der Waals surface area contributed by atoms with Gasteiger partial charge in [0.15, 0.2) is 0 Å². The molecular weight excluding hydrogens is 362 g/mol. The van der Waals surface area contributed by atoms with Crippen molar-refractivity contribution in [1.29, 1.82) is 0 Å². The van der Waals surface area contributed by atoms with Crippen molar-refractivity contribution >= 4 is 28.3 Å². The highest BCUT2D eigenvalue weighted by molar-refractivity contribution is 6.33. The largest absolute Gasteiger partial charge is 0.368 e. The predicted molar refractivity (Wildman–Crippen MR) is 109 cm³/mol. The SMILES string of the molecule is CC(C)(C)n1ncc(N2CCCC(c3nc4ccccc4[nH]3)C2)c(Cl)c1=O. The Bertz CT molecular complexity index is 1000. The van der Waals surface area contributed by atoms with Crippen LogP contribution in [0.4, 0.5) is 5.69 Å². The van der Waals surface area contributed by atoms with Crippen molar-refractivity contribution in [3.63, 3.8) is 0 Å². The van der Waals surface area contributed by atoms with Crippen molar-refractivity contribution in [3.05, 3.63) is 51.7 Å². The summed E-state index contributed by atoms with van der Waals surface area (Å²) in [6, 6.07) is 8.06. The van der Waals surface area contributed by atoms with Gasteiger partial charge in [-0.3, -0.25) is 4.79 Å². The van der Waals surface area contributed by atoms with Gasteiger partial charge < -0.3 is 9.88 Å². The molecule has 7 heteroatoms. The van der Waals surface area contributed by atoms with Crippen LogP contribution in [-0.2, 0) is 5.54 Å². The molecule has 0 radical (unpaired) electrons. The number of para-hydroxylation sites is 2. The summed E-state index contributed by atoms with van der Waals surface area (Å²) in [4.78, 5) is 23.0. The van der Waals surface area contributed by atoms with E-state index in [-0.39, 0.29) is 16.5 Å². The minimum absolute atomic E-state index is 0.241. The Morgan fingerprint density at radius 1 is 1.26 bits per heavy atom. The van der Waals surface area contributed by atoms with Gasteiger partial charge in [-0.2, -0.15) is 5.10 Å². The summed E-state index contributed by atoms with van der Waals surface area (Å²) in [5, 5.41) is 4.61. The van der Waals surface area contributed by atoms with Crippen LogP contribution in [0.2, 0.25) is 5.02 Å². The number of fused-ring (bicyclic) bond motifs is 1. The van der Waals surface area contributed by atoms with Crippen LogP contribution >= 0.6 is 11.6 Å². The van der Waals surface area contributed by atoms with Gasteiger partial charge in [-0.1, -0.05) is 23.7 Å². The highest BCUT2D eigenvalue weighted by Crippen LogP contribution is 2.32. The molecule has 1 N–H and O–H groups in total. The number of aromatic amines is 1. The molecule has 0 saturated carbocycles. The smallest absolute Gasteiger partial charge is 0.288 e. The van der Waals surface area contributed by atoms with E-state index in [0.29, 0.717) is 5.69 Å². The summed E-state index contributed by atoms with van der Waals surface area (Å²) in [7, 11) is 0. The molecule has 1 aliphatic heterocycles. The van der Waals surface area contributed by atoms with E-state index in [2.05, 4.69) is 15.0 Å². The molecule has 142 valence electrons. The molecule has 3 heterocycles. The number of imidazole rings is 1. The van der Waals surface area contributed by atoms with Crippen molar-refractivity contribution in [3.8, 4) is 0 Å². The summed E-state index contributed by atoms with van der Waals surface area (Å²) >= 11 is 6.46. The fourth-order valence-corrected chi connectivity index (χ4v) is 3.96. The molecular formula is C20H24ClN5O. The summed E-state index contributed by atoms with van der Waals surface area (Å²) in [6.45, 7) is 7.44. The number of anilines is 1. The molecule has 1 fully saturated rings. The van der Waals surface area contributed by atoms with Crippen molar-refractivity contribution in [2.24, 2.45) is 0 Å². The molecule has 2 aromatic heterocycles. The number of hydrogen-bond acceptors (Lipinski definition) is 4. The first-order valence-electron chi connectivity index (χ1n) is 9.32. The van der Waals surface area contributed by atoms with Crippen LogP contribution in [0.5, 0.6) is 0 Å². The Morgan fingerprint density at radius 2 is 2.04 bits per heavy atom. The van der Waals surface area contributed by atoms with Gasteiger partial charge in [0, 0.05) is 19.0 Å². The first-order chi connectivity index (χ1) is 12.8. The second kappa shape index (κ2) is 6.68. The number of aromatic nitrogens is 4. The Balaban J connectivity index is 1.63. The molecule has 0 aliphatic carbocycles. The quantitative estimate of drug-likeness (QED) is 0.726. The Hall–Kier alpha value is -2.34. The average Bonchev–Trinajstić information content (AvgIpc) is 3.07. The third kappa shape index (κ3) is 3.34. The molecule has 1 aliphatic rings. The highest BCUT2D eigenvalue weighted by atomic mass is 35.5. The van der Waals surface area contributed by atoms with Gasteiger partial charge in [-0.25, -0.2) is 9.67 Å². The molecule has 0 bridgehead atoms. The maximum atomic E-state index is 12.7. The normalized spacial score (nSPS) is 18.2. The molecule has 27 heavy (non-hydrogen) atoms. The lowest BCUT2D eigenvalue weighted by atomic mass is 9.97. The third-order valence-electron chi connectivity index (χ3n) is 5.09. The van der Waals surface area contributed by atoms with E-state index in [9.17, 15) is 4.79 Å². The standard InChI is InChI=1S/C20H24ClN5O/c1-20(2,3)26-19(27)17(21)16(11-22-26)25-10-6-7-13(12-25)18-23-14-8-4-5-9-15(14)24-18/h4-5,8-9,11,13H,6-7,10,12H2,1-3H3,(H,23,24). The molecule has 3 aromatic rings. The molecule has 4 rings (SSSR count). The van der Waals surface area contributed by atoms with Crippen LogP contribution in [0.15, 0.2) is 35.3 Å². The van der Waals surface area contributed by atoms with Gasteiger partial charge in [0.05, 0.1) is 28.5 Å². The summed E-state index contributed by atoms with van der Waals surface area (Å²) in [5.74, 6) is 1.26. The van der Waals surface area contributed by atoms with Crippen LogP contribution < -0.4 is 10.5 Å². The number of hydrogen-bond donors (Lipinski definition) is 1. The van der Waals surface area contributed by atoms with E-state index in [4.69, 9.17) is 16.6 Å². The highest BCUT2D eigenvalue weighted by Gasteiger charge is 2.27. The van der Waals surface area contributed by atoms with Gasteiger partial charge in [-0.05, 0) is 45.7 Å². The number of H-pyrrole nitrogens is 1. The van der Waals surface area contributed by atoms with E-state index < -0.39 is 5.54 Å². The second-order valence-corrected chi connectivity index (χ2v) is 8.53. The fraction of sp³-hybridized carbons (Fsp3) is 0.450. The third-order valence-corrected chi connectivity index (χ3v) is 5.45. The van der Waals surface area contributed by atoms with Crippen LogP contribution in [0, 0.1) is 0 Å². The van der Waals surface area contributed by atoms with Gasteiger partial charge in [-0.15, -0.1) is 0 Å². The first-order valence-corrected chi connectivity index (χ1v) is 9.70. The van der Waals surface area contributed by atoms with Crippen molar-refractivity contribution in [2.45, 2.75) is 45.1 Å². The van der Waals surface area contributed by atoms with E-state index >= 15 is 0 Å². The fourth-order valence-electron chi connectivity index (χ4n) is 3.71. The number of nitrogens with one attached hydrogen (secondary N) is 1. The monoisotopic (exact) mass is 385 g/mol. The second-order valence-electron chi connectivity index (χ2n) is 8.16.